The van der Waals surface area contributed by atoms with Crippen molar-refractivity contribution in [2.24, 2.45) is 0 Å². The van der Waals surface area contributed by atoms with E-state index in [2.05, 4.69) is 15.6 Å². The molecule has 0 aliphatic heterocycles. The number of rotatable bonds is 4. The maximum absolute atomic E-state index is 11.8. The lowest BCUT2D eigenvalue weighted by Gasteiger charge is -2.10. The predicted molar refractivity (Wildman–Crippen MR) is 79.0 cm³/mol. The van der Waals surface area contributed by atoms with Gasteiger partial charge in [0.1, 0.15) is 5.69 Å². The zero-order valence-electron chi connectivity index (χ0n) is 11.3. The number of hydrogen-bond acceptors (Lipinski definition) is 4. The van der Waals surface area contributed by atoms with Crippen molar-refractivity contribution in [3.8, 4) is 0 Å². The summed E-state index contributed by atoms with van der Waals surface area (Å²) in [5.41, 5.74) is 4.79. The van der Waals surface area contributed by atoms with Crippen LogP contribution >= 0.6 is 11.3 Å². The van der Waals surface area contributed by atoms with Crippen LogP contribution in [-0.4, -0.2) is 23.3 Å². The fraction of sp³-hybridized carbons (Fsp3) is 0.214. The van der Waals surface area contributed by atoms with E-state index in [1.54, 1.807) is 10.9 Å². The lowest BCUT2D eigenvalue weighted by atomic mass is 10.1. The molecule has 2 amide bonds. The molecule has 0 saturated heterocycles. The molecule has 2 rings (SSSR count). The van der Waals surface area contributed by atoms with Crippen molar-refractivity contribution in [3.63, 3.8) is 0 Å². The SMILES string of the molecule is Cc1cccc(NC(=O)CNC(=O)c2cscn2)c1C. The minimum atomic E-state index is -0.345. The van der Waals surface area contributed by atoms with Crippen LogP contribution in [0.15, 0.2) is 29.1 Å². The van der Waals surface area contributed by atoms with Gasteiger partial charge in [0.2, 0.25) is 5.91 Å². The third kappa shape index (κ3) is 3.42. The number of aryl methyl sites for hydroxylation is 1. The molecule has 1 heterocycles. The lowest BCUT2D eigenvalue weighted by molar-refractivity contribution is -0.115. The van der Waals surface area contributed by atoms with Crippen LogP contribution in [0, 0.1) is 13.8 Å². The van der Waals surface area contributed by atoms with Gasteiger partial charge in [0, 0.05) is 11.1 Å². The fourth-order valence-corrected chi connectivity index (χ4v) is 2.19. The van der Waals surface area contributed by atoms with E-state index in [0.717, 1.165) is 16.8 Å². The maximum atomic E-state index is 11.8. The van der Waals surface area contributed by atoms with Crippen LogP contribution < -0.4 is 10.6 Å². The molecule has 104 valence electrons. The van der Waals surface area contributed by atoms with Crippen molar-refractivity contribution >= 4 is 28.8 Å². The molecule has 0 atom stereocenters. The first-order valence-corrected chi connectivity index (χ1v) is 7.04. The summed E-state index contributed by atoms with van der Waals surface area (Å²) in [5.74, 6) is -0.607. The summed E-state index contributed by atoms with van der Waals surface area (Å²) in [7, 11) is 0. The highest BCUT2D eigenvalue weighted by Crippen LogP contribution is 2.17. The number of amides is 2. The monoisotopic (exact) mass is 289 g/mol. The molecule has 0 aliphatic carbocycles. The minimum absolute atomic E-state index is 0.0796. The van der Waals surface area contributed by atoms with E-state index in [0.29, 0.717) is 5.69 Å². The van der Waals surface area contributed by atoms with Crippen LogP contribution in [-0.2, 0) is 4.79 Å². The maximum Gasteiger partial charge on any atom is 0.271 e. The second kappa shape index (κ2) is 6.29. The van der Waals surface area contributed by atoms with E-state index >= 15 is 0 Å². The van der Waals surface area contributed by atoms with Crippen molar-refractivity contribution in [3.05, 3.63) is 45.9 Å². The molecule has 6 heteroatoms. The van der Waals surface area contributed by atoms with Gasteiger partial charge in [-0.2, -0.15) is 0 Å². The average molecular weight is 289 g/mol. The molecule has 0 unspecified atom stereocenters. The van der Waals surface area contributed by atoms with Crippen molar-refractivity contribution in [2.45, 2.75) is 13.8 Å². The Hall–Kier alpha value is -2.21. The Kier molecular flexibility index (Phi) is 4.47. The number of thiazole rings is 1. The normalized spacial score (nSPS) is 10.1. The first-order valence-electron chi connectivity index (χ1n) is 6.10. The minimum Gasteiger partial charge on any atom is -0.342 e. The van der Waals surface area contributed by atoms with Crippen LogP contribution in [0.25, 0.3) is 0 Å². The molecule has 0 saturated carbocycles. The first-order chi connectivity index (χ1) is 9.58. The van der Waals surface area contributed by atoms with Gasteiger partial charge < -0.3 is 10.6 Å². The molecule has 0 bridgehead atoms. The number of carbonyl (C=O) groups is 2. The van der Waals surface area contributed by atoms with Gasteiger partial charge in [-0.05, 0) is 31.0 Å². The highest BCUT2D eigenvalue weighted by Gasteiger charge is 2.10. The molecule has 1 aromatic heterocycles. The van der Waals surface area contributed by atoms with E-state index in [9.17, 15) is 9.59 Å². The molecule has 0 fully saturated rings. The zero-order valence-corrected chi connectivity index (χ0v) is 12.1. The quantitative estimate of drug-likeness (QED) is 0.905. The summed E-state index contributed by atoms with van der Waals surface area (Å²) in [6, 6.07) is 5.70. The Bertz CT molecular complexity index is 623. The summed E-state index contributed by atoms with van der Waals surface area (Å²) >= 11 is 1.34. The van der Waals surface area contributed by atoms with Gasteiger partial charge in [0.05, 0.1) is 12.1 Å². The van der Waals surface area contributed by atoms with E-state index < -0.39 is 0 Å². The second-order valence-corrected chi connectivity index (χ2v) is 5.07. The summed E-state index contributed by atoms with van der Waals surface area (Å²) in [6.45, 7) is 3.84. The summed E-state index contributed by atoms with van der Waals surface area (Å²) < 4.78 is 0. The fourth-order valence-electron chi connectivity index (χ4n) is 1.66. The Morgan fingerprint density at radius 1 is 1.30 bits per heavy atom. The number of hydrogen-bond donors (Lipinski definition) is 2. The molecular weight excluding hydrogens is 274 g/mol. The van der Waals surface area contributed by atoms with Crippen LogP contribution in [0.5, 0.6) is 0 Å². The predicted octanol–water partition coefficient (Wildman–Crippen LogP) is 2.13. The Morgan fingerprint density at radius 2 is 2.10 bits per heavy atom. The van der Waals surface area contributed by atoms with Crippen molar-refractivity contribution < 1.29 is 9.59 Å². The van der Waals surface area contributed by atoms with Crippen LogP contribution in [0.4, 0.5) is 5.69 Å². The highest BCUT2D eigenvalue weighted by atomic mass is 32.1. The van der Waals surface area contributed by atoms with Crippen LogP contribution in [0.2, 0.25) is 0 Å². The van der Waals surface area contributed by atoms with Crippen LogP contribution in [0.1, 0.15) is 21.6 Å². The third-order valence-electron chi connectivity index (χ3n) is 2.95. The first kappa shape index (κ1) is 14.2. The van der Waals surface area contributed by atoms with Gasteiger partial charge in [-0.25, -0.2) is 4.98 Å². The molecule has 2 aromatic rings. The van der Waals surface area contributed by atoms with E-state index in [-0.39, 0.29) is 18.4 Å². The van der Waals surface area contributed by atoms with E-state index in [1.165, 1.54) is 11.3 Å². The van der Waals surface area contributed by atoms with Crippen molar-refractivity contribution in [2.75, 3.05) is 11.9 Å². The Morgan fingerprint density at radius 3 is 2.80 bits per heavy atom. The number of nitrogens with one attached hydrogen (secondary N) is 2. The Labute approximate surface area is 121 Å². The standard InChI is InChI=1S/C14H15N3O2S/c1-9-4-3-5-11(10(9)2)17-13(18)6-15-14(19)12-7-20-8-16-12/h3-5,7-8H,6H2,1-2H3,(H,15,19)(H,17,18). The van der Waals surface area contributed by atoms with Gasteiger partial charge in [0.25, 0.3) is 5.91 Å². The number of aromatic nitrogens is 1. The molecule has 20 heavy (non-hydrogen) atoms. The smallest absolute Gasteiger partial charge is 0.271 e. The van der Waals surface area contributed by atoms with Crippen molar-refractivity contribution in [1.29, 1.82) is 0 Å². The molecular formula is C14H15N3O2S. The van der Waals surface area contributed by atoms with E-state index in [1.807, 2.05) is 32.0 Å². The molecule has 0 aliphatic rings. The number of nitrogens with zero attached hydrogens (tertiary/aromatic N) is 1. The Balaban J connectivity index is 1.90. The molecule has 1 aromatic carbocycles. The number of carbonyl (C=O) groups excluding carboxylic acids is 2. The third-order valence-corrected chi connectivity index (χ3v) is 3.54. The number of benzene rings is 1. The summed E-state index contributed by atoms with van der Waals surface area (Å²) in [4.78, 5) is 27.3. The van der Waals surface area contributed by atoms with Gasteiger partial charge in [-0.1, -0.05) is 12.1 Å². The average Bonchev–Trinajstić information content (AvgIpc) is 2.95. The van der Waals surface area contributed by atoms with Gasteiger partial charge in [0.15, 0.2) is 0 Å². The highest BCUT2D eigenvalue weighted by molar-refractivity contribution is 7.07. The molecule has 0 spiro atoms. The van der Waals surface area contributed by atoms with Gasteiger partial charge in [-0.3, -0.25) is 9.59 Å². The van der Waals surface area contributed by atoms with Crippen molar-refractivity contribution in [1.82, 2.24) is 10.3 Å². The molecule has 2 N–H and O–H groups in total. The van der Waals surface area contributed by atoms with E-state index in [4.69, 9.17) is 0 Å². The van der Waals surface area contributed by atoms with Gasteiger partial charge in [-0.15, -0.1) is 11.3 Å². The molecule has 0 radical (unpaired) electrons. The summed E-state index contributed by atoms with van der Waals surface area (Å²) in [6.07, 6.45) is 0. The number of anilines is 1. The van der Waals surface area contributed by atoms with Gasteiger partial charge >= 0.3 is 0 Å². The second-order valence-electron chi connectivity index (χ2n) is 4.35. The molecule has 5 nitrogen and oxygen atoms in total. The van der Waals surface area contributed by atoms with Crippen LogP contribution in [0.3, 0.4) is 0 Å². The largest absolute Gasteiger partial charge is 0.342 e. The zero-order chi connectivity index (χ0) is 14.5. The summed E-state index contributed by atoms with van der Waals surface area (Å²) in [5, 5.41) is 6.95. The topological polar surface area (TPSA) is 71.1 Å². The lowest BCUT2D eigenvalue weighted by Crippen LogP contribution is -2.33.